The summed E-state index contributed by atoms with van der Waals surface area (Å²) in [7, 11) is 1.68. The van der Waals surface area contributed by atoms with E-state index in [2.05, 4.69) is 25.6 Å². The van der Waals surface area contributed by atoms with Crippen molar-refractivity contribution in [1.29, 1.82) is 0 Å². The van der Waals surface area contributed by atoms with Gasteiger partial charge in [0.2, 0.25) is 17.2 Å². The number of nitrogens with one attached hydrogen (secondary N) is 2. The zero-order chi connectivity index (χ0) is 13.7. The van der Waals surface area contributed by atoms with Gasteiger partial charge >= 0.3 is 0 Å². The van der Waals surface area contributed by atoms with Crippen molar-refractivity contribution in [3.63, 3.8) is 0 Å². The van der Waals surface area contributed by atoms with Gasteiger partial charge in [-0.1, -0.05) is 0 Å². The van der Waals surface area contributed by atoms with Crippen LogP contribution < -0.4 is 10.6 Å². The lowest BCUT2D eigenvalue weighted by molar-refractivity contribution is -0.00631. The van der Waals surface area contributed by atoms with Gasteiger partial charge in [0.1, 0.15) is 5.60 Å². The summed E-state index contributed by atoms with van der Waals surface area (Å²) in [5.74, 6) is 0.887. The standard InChI is InChI=1S/C11H18ClN5O2/c1-3-13-9-15-8(12)16-10(17-9)14-6-11(18-2)4-5-19-7-11/h3-7H2,1-2H3,(H2,13,14,15,16,17). The first-order valence-electron chi connectivity index (χ1n) is 6.20. The van der Waals surface area contributed by atoms with Crippen LogP contribution in [-0.2, 0) is 9.47 Å². The summed E-state index contributed by atoms with van der Waals surface area (Å²) in [6.45, 7) is 4.51. The smallest absolute Gasteiger partial charge is 0.228 e. The van der Waals surface area contributed by atoms with Gasteiger partial charge in [0.25, 0.3) is 0 Å². The van der Waals surface area contributed by atoms with Crippen LogP contribution in [0.1, 0.15) is 13.3 Å². The molecule has 106 valence electrons. The fraction of sp³-hybridized carbons (Fsp3) is 0.727. The first-order chi connectivity index (χ1) is 9.17. The van der Waals surface area contributed by atoms with Gasteiger partial charge in [-0.15, -0.1) is 0 Å². The van der Waals surface area contributed by atoms with E-state index in [1.807, 2.05) is 6.92 Å². The van der Waals surface area contributed by atoms with E-state index in [-0.39, 0.29) is 10.9 Å². The van der Waals surface area contributed by atoms with E-state index >= 15 is 0 Å². The SMILES string of the molecule is CCNc1nc(Cl)nc(NCC2(OC)CCOC2)n1. The molecule has 7 nitrogen and oxygen atoms in total. The molecule has 19 heavy (non-hydrogen) atoms. The summed E-state index contributed by atoms with van der Waals surface area (Å²) in [6, 6.07) is 0. The molecule has 0 aliphatic carbocycles. The van der Waals surface area contributed by atoms with Crippen molar-refractivity contribution in [2.45, 2.75) is 18.9 Å². The normalized spacial score (nSPS) is 22.5. The zero-order valence-electron chi connectivity index (χ0n) is 11.1. The maximum atomic E-state index is 5.85. The number of methoxy groups -OCH3 is 1. The highest BCUT2D eigenvalue weighted by atomic mass is 35.5. The Morgan fingerprint density at radius 3 is 2.63 bits per heavy atom. The summed E-state index contributed by atoms with van der Waals surface area (Å²) in [6.07, 6.45) is 0.843. The average molecular weight is 288 g/mol. The molecule has 1 fully saturated rings. The molecule has 0 saturated carbocycles. The molecule has 0 aromatic carbocycles. The molecule has 1 unspecified atom stereocenters. The Balaban J connectivity index is 2.02. The molecule has 1 aromatic heterocycles. The van der Waals surface area contributed by atoms with Crippen molar-refractivity contribution in [2.24, 2.45) is 0 Å². The van der Waals surface area contributed by atoms with Crippen molar-refractivity contribution >= 4 is 23.5 Å². The first kappa shape index (κ1) is 14.2. The number of hydrogen-bond acceptors (Lipinski definition) is 7. The Kier molecular flexibility index (Phi) is 4.73. The molecule has 1 aliphatic rings. The van der Waals surface area contributed by atoms with Gasteiger partial charge in [-0.25, -0.2) is 0 Å². The topological polar surface area (TPSA) is 81.2 Å². The maximum absolute atomic E-state index is 5.85. The van der Waals surface area contributed by atoms with E-state index in [0.29, 0.717) is 31.7 Å². The summed E-state index contributed by atoms with van der Waals surface area (Å²) in [4.78, 5) is 12.2. The molecule has 2 heterocycles. The zero-order valence-corrected chi connectivity index (χ0v) is 11.8. The number of rotatable bonds is 6. The number of hydrogen-bond donors (Lipinski definition) is 2. The number of nitrogens with zero attached hydrogens (tertiary/aromatic N) is 3. The van der Waals surface area contributed by atoms with Gasteiger partial charge in [0, 0.05) is 33.2 Å². The first-order valence-corrected chi connectivity index (χ1v) is 6.57. The van der Waals surface area contributed by atoms with E-state index in [4.69, 9.17) is 21.1 Å². The molecule has 1 aliphatic heterocycles. The molecule has 1 saturated heterocycles. The van der Waals surface area contributed by atoms with Crippen LogP contribution in [0.3, 0.4) is 0 Å². The van der Waals surface area contributed by atoms with Crippen molar-refractivity contribution in [3.8, 4) is 0 Å². The van der Waals surface area contributed by atoms with Gasteiger partial charge in [0.15, 0.2) is 0 Å². The molecule has 2 rings (SSSR count). The average Bonchev–Trinajstić information content (AvgIpc) is 2.86. The number of anilines is 2. The summed E-state index contributed by atoms with van der Waals surface area (Å²) >= 11 is 5.85. The Bertz CT molecular complexity index is 426. The highest BCUT2D eigenvalue weighted by molar-refractivity contribution is 6.28. The highest BCUT2D eigenvalue weighted by Gasteiger charge is 2.34. The van der Waals surface area contributed by atoms with E-state index in [0.717, 1.165) is 13.0 Å². The van der Waals surface area contributed by atoms with Crippen molar-refractivity contribution in [1.82, 2.24) is 15.0 Å². The quantitative estimate of drug-likeness (QED) is 0.813. The number of aromatic nitrogens is 3. The Morgan fingerprint density at radius 2 is 2.05 bits per heavy atom. The lowest BCUT2D eigenvalue weighted by atomic mass is 10.0. The molecule has 0 amide bonds. The van der Waals surface area contributed by atoms with Gasteiger partial charge in [-0.05, 0) is 18.5 Å². The minimum Gasteiger partial charge on any atom is -0.378 e. The van der Waals surface area contributed by atoms with Gasteiger partial charge in [-0.3, -0.25) is 0 Å². The Hall–Kier alpha value is -1.18. The number of halogens is 1. The van der Waals surface area contributed by atoms with Crippen LogP contribution in [0.4, 0.5) is 11.9 Å². The third-order valence-electron chi connectivity index (χ3n) is 3.01. The lowest BCUT2D eigenvalue weighted by Crippen LogP contribution is -2.40. The minimum atomic E-state index is -0.322. The van der Waals surface area contributed by atoms with Crippen LogP contribution in [0.5, 0.6) is 0 Å². The highest BCUT2D eigenvalue weighted by Crippen LogP contribution is 2.22. The second-order valence-corrected chi connectivity index (χ2v) is 4.66. The van der Waals surface area contributed by atoms with Crippen LogP contribution >= 0.6 is 11.6 Å². The molecular formula is C11H18ClN5O2. The fourth-order valence-corrected chi connectivity index (χ4v) is 2.03. The van der Waals surface area contributed by atoms with Gasteiger partial charge in [0.05, 0.1) is 6.61 Å². The summed E-state index contributed by atoms with van der Waals surface area (Å²) < 4.78 is 10.9. The van der Waals surface area contributed by atoms with Crippen LogP contribution in [0.25, 0.3) is 0 Å². The van der Waals surface area contributed by atoms with Crippen molar-refractivity contribution in [2.75, 3.05) is 44.0 Å². The molecular weight excluding hydrogens is 270 g/mol. The third kappa shape index (κ3) is 3.65. The Morgan fingerprint density at radius 1 is 1.32 bits per heavy atom. The Labute approximate surface area is 117 Å². The van der Waals surface area contributed by atoms with E-state index in [9.17, 15) is 0 Å². The lowest BCUT2D eigenvalue weighted by Gasteiger charge is -2.25. The predicted octanol–water partition coefficient (Wildman–Crippen LogP) is 1.17. The van der Waals surface area contributed by atoms with E-state index in [1.165, 1.54) is 0 Å². The minimum absolute atomic E-state index is 0.155. The van der Waals surface area contributed by atoms with Crippen LogP contribution in [0, 0.1) is 0 Å². The van der Waals surface area contributed by atoms with Crippen LogP contribution in [-0.4, -0.2) is 54.0 Å². The van der Waals surface area contributed by atoms with Crippen LogP contribution in [0.15, 0.2) is 0 Å². The third-order valence-corrected chi connectivity index (χ3v) is 3.18. The van der Waals surface area contributed by atoms with Crippen molar-refractivity contribution < 1.29 is 9.47 Å². The number of ether oxygens (including phenoxy) is 2. The molecule has 1 atom stereocenters. The predicted molar refractivity (Wildman–Crippen MR) is 72.7 cm³/mol. The second kappa shape index (κ2) is 6.31. The molecule has 8 heteroatoms. The largest absolute Gasteiger partial charge is 0.378 e. The molecule has 0 spiro atoms. The maximum Gasteiger partial charge on any atom is 0.228 e. The monoisotopic (exact) mass is 287 g/mol. The molecule has 2 N–H and O–H groups in total. The van der Waals surface area contributed by atoms with E-state index in [1.54, 1.807) is 7.11 Å². The van der Waals surface area contributed by atoms with Gasteiger partial charge in [-0.2, -0.15) is 15.0 Å². The van der Waals surface area contributed by atoms with Gasteiger partial charge < -0.3 is 20.1 Å². The fourth-order valence-electron chi connectivity index (χ4n) is 1.87. The van der Waals surface area contributed by atoms with E-state index < -0.39 is 0 Å². The second-order valence-electron chi connectivity index (χ2n) is 4.33. The summed E-state index contributed by atoms with van der Waals surface area (Å²) in [5.41, 5.74) is -0.322. The van der Waals surface area contributed by atoms with Crippen LogP contribution in [0.2, 0.25) is 5.28 Å². The molecule has 0 radical (unpaired) electrons. The molecule has 0 bridgehead atoms. The summed E-state index contributed by atoms with van der Waals surface area (Å²) in [5, 5.41) is 6.28. The van der Waals surface area contributed by atoms with Crippen molar-refractivity contribution in [3.05, 3.63) is 5.28 Å². The molecule has 1 aromatic rings.